The van der Waals surface area contributed by atoms with E-state index in [4.69, 9.17) is 0 Å². The third-order valence-corrected chi connectivity index (χ3v) is 2.65. The molecule has 0 radical (unpaired) electrons. The van der Waals surface area contributed by atoms with Crippen molar-refractivity contribution in [1.82, 2.24) is 4.57 Å². The van der Waals surface area contributed by atoms with Crippen LogP contribution in [0.3, 0.4) is 0 Å². The van der Waals surface area contributed by atoms with Gasteiger partial charge in [0, 0.05) is 24.4 Å². The van der Waals surface area contributed by atoms with Gasteiger partial charge in [0.2, 0.25) is 0 Å². The number of nitro groups is 1. The van der Waals surface area contributed by atoms with E-state index in [0.29, 0.717) is 6.54 Å². The quantitative estimate of drug-likeness (QED) is 0.613. The fourth-order valence-corrected chi connectivity index (χ4v) is 1.66. The molecule has 0 aliphatic carbocycles. The van der Waals surface area contributed by atoms with Gasteiger partial charge in [-0.3, -0.25) is 14.9 Å². The number of benzene rings is 1. The Kier molecular flexibility index (Phi) is 3.23. The van der Waals surface area contributed by atoms with Crippen molar-refractivity contribution in [3.05, 3.63) is 74.2 Å². The van der Waals surface area contributed by atoms with Gasteiger partial charge in [0.15, 0.2) is 0 Å². The molecule has 0 saturated heterocycles. The van der Waals surface area contributed by atoms with E-state index in [1.54, 1.807) is 29.0 Å². The largest absolute Gasteiger partial charge is 0.311 e. The highest BCUT2D eigenvalue weighted by atomic mass is 16.6. The van der Waals surface area contributed by atoms with Gasteiger partial charge >= 0.3 is 0 Å². The van der Waals surface area contributed by atoms with Crippen LogP contribution >= 0.6 is 0 Å². The van der Waals surface area contributed by atoms with Crippen LogP contribution in [0.25, 0.3) is 0 Å². The summed E-state index contributed by atoms with van der Waals surface area (Å²) in [4.78, 5) is 21.7. The van der Waals surface area contributed by atoms with Crippen molar-refractivity contribution < 1.29 is 4.92 Å². The number of aromatic nitrogens is 1. The van der Waals surface area contributed by atoms with Crippen LogP contribution in [0.15, 0.2) is 47.4 Å². The fourth-order valence-electron chi connectivity index (χ4n) is 1.66. The molecule has 0 saturated carbocycles. The molecule has 18 heavy (non-hydrogen) atoms. The normalized spacial score (nSPS) is 10.3. The first-order valence-corrected chi connectivity index (χ1v) is 5.47. The second kappa shape index (κ2) is 4.83. The van der Waals surface area contributed by atoms with Crippen LogP contribution in [0.4, 0.5) is 5.69 Å². The first-order chi connectivity index (χ1) is 8.56. The summed E-state index contributed by atoms with van der Waals surface area (Å²) in [5, 5.41) is 10.5. The average molecular weight is 244 g/mol. The van der Waals surface area contributed by atoms with E-state index in [0.717, 1.165) is 11.1 Å². The standard InChI is InChI=1S/C13H12N2O3/c1-10-6-7-14(13(16)8-10)9-11-2-4-12(5-3-11)15(17)18/h2-8H,9H2,1H3. The minimum Gasteiger partial charge on any atom is -0.311 e. The van der Waals surface area contributed by atoms with Crippen molar-refractivity contribution in [3.63, 3.8) is 0 Å². The summed E-state index contributed by atoms with van der Waals surface area (Å²) in [7, 11) is 0. The highest BCUT2D eigenvalue weighted by molar-refractivity contribution is 5.33. The van der Waals surface area contributed by atoms with Crippen molar-refractivity contribution in [3.8, 4) is 0 Å². The molecule has 0 unspecified atom stereocenters. The molecular weight excluding hydrogens is 232 g/mol. The second-order valence-corrected chi connectivity index (χ2v) is 4.09. The number of aryl methyl sites for hydroxylation is 1. The number of hydrogen-bond donors (Lipinski definition) is 0. The van der Waals surface area contributed by atoms with E-state index in [-0.39, 0.29) is 11.2 Å². The third kappa shape index (κ3) is 2.63. The molecule has 5 nitrogen and oxygen atoms in total. The van der Waals surface area contributed by atoms with Crippen LogP contribution in [0.5, 0.6) is 0 Å². The van der Waals surface area contributed by atoms with Gasteiger partial charge in [-0.05, 0) is 24.1 Å². The molecule has 1 heterocycles. The number of nitrogens with zero attached hydrogens (tertiary/aromatic N) is 2. The van der Waals surface area contributed by atoms with Crippen molar-refractivity contribution in [2.45, 2.75) is 13.5 Å². The maximum Gasteiger partial charge on any atom is 0.269 e. The maximum absolute atomic E-state index is 11.7. The van der Waals surface area contributed by atoms with Gasteiger partial charge in [-0.1, -0.05) is 12.1 Å². The van der Waals surface area contributed by atoms with Gasteiger partial charge in [-0.2, -0.15) is 0 Å². The molecule has 0 bridgehead atoms. The fraction of sp³-hybridized carbons (Fsp3) is 0.154. The zero-order valence-corrected chi connectivity index (χ0v) is 9.87. The molecule has 0 aliphatic rings. The van der Waals surface area contributed by atoms with Crippen LogP contribution in [-0.2, 0) is 6.54 Å². The Balaban J connectivity index is 2.23. The molecule has 0 fully saturated rings. The summed E-state index contributed by atoms with van der Waals surface area (Å²) in [6.07, 6.45) is 1.72. The average Bonchev–Trinajstić information content (AvgIpc) is 2.33. The highest BCUT2D eigenvalue weighted by Gasteiger charge is 2.04. The Hall–Kier alpha value is -2.43. The summed E-state index contributed by atoms with van der Waals surface area (Å²) in [6.45, 7) is 2.27. The first-order valence-electron chi connectivity index (χ1n) is 5.47. The lowest BCUT2D eigenvalue weighted by molar-refractivity contribution is -0.384. The zero-order valence-electron chi connectivity index (χ0n) is 9.87. The minimum atomic E-state index is -0.443. The molecule has 92 valence electrons. The van der Waals surface area contributed by atoms with E-state index in [1.165, 1.54) is 12.1 Å². The Labute approximate surface area is 103 Å². The van der Waals surface area contributed by atoms with Crippen LogP contribution in [-0.4, -0.2) is 9.49 Å². The van der Waals surface area contributed by atoms with Gasteiger partial charge in [-0.15, -0.1) is 0 Å². The summed E-state index contributed by atoms with van der Waals surface area (Å²) in [5.74, 6) is 0. The molecule has 5 heteroatoms. The molecule has 0 atom stereocenters. The summed E-state index contributed by atoms with van der Waals surface area (Å²) >= 11 is 0. The first kappa shape index (κ1) is 12.0. The van der Waals surface area contributed by atoms with Gasteiger partial charge in [0.05, 0.1) is 11.5 Å². The predicted octanol–water partition coefficient (Wildman–Crippen LogP) is 2.11. The van der Waals surface area contributed by atoms with Crippen LogP contribution < -0.4 is 5.56 Å². The monoisotopic (exact) mass is 244 g/mol. The van der Waals surface area contributed by atoms with Crippen molar-refractivity contribution in [1.29, 1.82) is 0 Å². The topological polar surface area (TPSA) is 65.1 Å². The molecule has 0 amide bonds. The summed E-state index contributed by atoms with van der Waals surface area (Å²) in [5.41, 5.74) is 1.75. The van der Waals surface area contributed by atoms with Crippen molar-refractivity contribution in [2.75, 3.05) is 0 Å². The van der Waals surface area contributed by atoms with Crippen LogP contribution in [0.1, 0.15) is 11.1 Å². The lowest BCUT2D eigenvalue weighted by atomic mass is 10.2. The van der Waals surface area contributed by atoms with E-state index >= 15 is 0 Å². The minimum absolute atomic E-state index is 0.0509. The van der Waals surface area contributed by atoms with Gasteiger partial charge in [0.25, 0.3) is 11.2 Å². The van der Waals surface area contributed by atoms with Gasteiger partial charge in [-0.25, -0.2) is 0 Å². The second-order valence-electron chi connectivity index (χ2n) is 4.09. The van der Waals surface area contributed by atoms with Crippen LogP contribution in [0.2, 0.25) is 0 Å². The predicted molar refractivity (Wildman–Crippen MR) is 67.6 cm³/mol. The maximum atomic E-state index is 11.7. The number of nitro benzene ring substituents is 1. The number of hydrogen-bond acceptors (Lipinski definition) is 3. The van der Waals surface area contributed by atoms with E-state index in [1.807, 2.05) is 13.0 Å². The molecule has 0 N–H and O–H groups in total. The Bertz CT molecular complexity index is 629. The lowest BCUT2D eigenvalue weighted by Crippen LogP contribution is -2.19. The molecule has 0 spiro atoms. The molecule has 2 rings (SSSR count). The third-order valence-electron chi connectivity index (χ3n) is 2.65. The molecule has 2 aromatic rings. The molecule has 1 aromatic heterocycles. The smallest absolute Gasteiger partial charge is 0.269 e. The van der Waals surface area contributed by atoms with Crippen molar-refractivity contribution in [2.24, 2.45) is 0 Å². The lowest BCUT2D eigenvalue weighted by Gasteiger charge is -2.05. The van der Waals surface area contributed by atoms with Gasteiger partial charge in [0.1, 0.15) is 0 Å². The van der Waals surface area contributed by atoms with E-state index in [2.05, 4.69) is 0 Å². The van der Waals surface area contributed by atoms with E-state index in [9.17, 15) is 14.9 Å². The van der Waals surface area contributed by atoms with Gasteiger partial charge < -0.3 is 4.57 Å². The molecular formula is C13H12N2O3. The highest BCUT2D eigenvalue weighted by Crippen LogP contribution is 2.12. The Morgan fingerprint density at radius 3 is 2.44 bits per heavy atom. The number of rotatable bonds is 3. The summed E-state index contributed by atoms with van der Waals surface area (Å²) in [6, 6.07) is 9.61. The SMILES string of the molecule is Cc1ccn(Cc2ccc([N+](=O)[O-])cc2)c(=O)c1. The zero-order chi connectivity index (χ0) is 13.1. The van der Waals surface area contributed by atoms with E-state index < -0.39 is 4.92 Å². The summed E-state index contributed by atoms with van der Waals surface area (Å²) < 4.78 is 1.56. The molecule has 1 aromatic carbocycles. The Morgan fingerprint density at radius 2 is 1.89 bits per heavy atom. The number of non-ortho nitro benzene ring substituents is 1. The van der Waals surface area contributed by atoms with Crippen molar-refractivity contribution >= 4 is 5.69 Å². The van der Waals surface area contributed by atoms with Crippen LogP contribution in [0, 0.1) is 17.0 Å². The molecule has 0 aliphatic heterocycles. The Morgan fingerprint density at radius 1 is 1.22 bits per heavy atom. The number of pyridine rings is 1.